The minimum atomic E-state index is -0.558. The van der Waals surface area contributed by atoms with Crippen LogP contribution in [0.3, 0.4) is 0 Å². The lowest BCUT2D eigenvalue weighted by atomic mass is 9.85. The molecule has 5 nitrogen and oxygen atoms in total. The molecule has 0 aliphatic carbocycles. The maximum absolute atomic E-state index is 9.58. The minimum Gasteiger partial charge on any atom is -0.432 e. The number of nitrogens with zero attached hydrogens (tertiary/aromatic N) is 3. The molecule has 142 valence electrons. The van der Waals surface area contributed by atoms with Gasteiger partial charge in [0.05, 0.1) is 0 Å². The van der Waals surface area contributed by atoms with Crippen molar-refractivity contribution in [2.75, 3.05) is 17.6 Å². The third-order valence-electron chi connectivity index (χ3n) is 4.36. The number of fused-ring (bicyclic) bond motifs is 2. The maximum atomic E-state index is 9.58. The Hall–Kier alpha value is -2.16. The first-order valence-corrected chi connectivity index (χ1v) is 10.2. The molecule has 0 fully saturated rings. The Kier molecular flexibility index (Phi) is 6.54. The number of anilines is 2. The van der Waals surface area contributed by atoms with Crippen LogP contribution in [0.15, 0.2) is 69.9 Å². The third-order valence-corrected chi connectivity index (χ3v) is 5.35. The van der Waals surface area contributed by atoms with Crippen molar-refractivity contribution in [2.24, 2.45) is 0 Å². The highest BCUT2D eigenvalue weighted by molar-refractivity contribution is 9.10. The summed E-state index contributed by atoms with van der Waals surface area (Å²) >= 11 is 6.83. The first-order chi connectivity index (χ1) is 13.4. The Morgan fingerprint density at radius 3 is 2.04 bits per heavy atom. The molecule has 0 atom stereocenters. The highest BCUT2D eigenvalue weighted by atomic mass is 79.9. The first kappa shape index (κ1) is 20.6. The second-order valence-electron chi connectivity index (χ2n) is 6.30. The van der Waals surface area contributed by atoms with E-state index < -0.39 is 7.05 Å². The van der Waals surface area contributed by atoms with Gasteiger partial charge in [-0.2, -0.15) is 0 Å². The zero-order valence-electron chi connectivity index (χ0n) is 15.5. The van der Waals surface area contributed by atoms with Crippen molar-refractivity contribution in [3.8, 4) is 0 Å². The largest absolute Gasteiger partial charge is 0.432 e. The maximum Gasteiger partial charge on any atom is 0.410 e. The van der Waals surface area contributed by atoms with Crippen LogP contribution in [0.1, 0.15) is 0 Å². The number of nitrogen functional groups attached to an aromatic ring is 1. The van der Waals surface area contributed by atoms with Gasteiger partial charge in [0.15, 0.2) is 0 Å². The van der Waals surface area contributed by atoms with E-state index in [1.807, 2.05) is 55.6 Å². The molecule has 0 bridgehead atoms. The van der Waals surface area contributed by atoms with E-state index in [0.29, 0.717) is 5.82 Å². The summed E-state index contributed by atoms with van der Waals surface area (Å²) in [5.74, 6) is 1.36. The molecule has 28 heavy (non-hydrogen) atoms. The molecule has 0 radical (unpaired) electrons. The highest BCUT2D eigenvalue weighted by Gasteiger charge is 2.15. The fourth-order valence-corrected chi connectivity index (χ4v) is 3.47. The topological polar surface area (TPSA) is 75.3 Å². The molecule has 0 saturated carbocycles. The van der Waals surface area contributed by atoms with Crippen LogP contribution in [-0.4, -0.2) is 29.1 Å². The van der Waals surface area contributed by atoms with Crippen LogP contribution in [0, 0.1) is 0 Å². The van der Waals surface area contributed by atoms with Gasteiger partial charge in [0.1, 0.15) is 11.6 Å². The van der Waals surface area contributed by atoms with Crippen LogP contribution in [0.25, 0.3) is 21.5 Å². The Morgan fingerprint density at radius 2 is 1.43 bits per heavy atom. The van der Waals surface area contributed by atoms with E-state index in [0.717, 1.165) is 36.3 Å². The van der Waals surface area contributed by atoms with Gasteiger partial charge >= 0.3 is 7.05 Å². The monoisotopic (exact) mass is 500 g/mol. The predicted octanol–water partition coefficient (Wildman–Crippen LogP) is 5.12. The zero-order chi connectivity index (χ0) is 20.3. The standard InChI is InChI=1S/C11H12BBrN2O.C9H7BrN2/c1-12(16)15(2)11-10-7-9(13)4-3-8(10)5-6-14-11;10-7-2-1-6-3-4-12-9(11)8(6)5-7/h3-7,16H,1-2H3;1-5H,(H2,11,12). The SMILES string of the molecule is CB(O)N(C)c1nccc2ccc(Br)cc12.Nc1nccc2ccc(Br)cc12. The van der Waals surface area contributed by atoms with Gasteiger partial charge in [-0.1, -0.05) is 44.0 Å². The molecule has 3 N–H and O–H groups in total. The molecule has 0 aliphatic rings. The van der Waals surface area contributed by atoms with Crippen LogP contribution in [-0.2, 0) is 0 Å². The molecule has 0 spiro atoms. The van der Waals surface area contributed by atoms with Crippen molar-refractivity contribution in [2.45, 2.75) is 6.82 Å². The van der Waals surface area contributed by atoms with Crippen molar-refractivity contribution in [3.05, 3.63) is 69.9 Å². The van der Waals surface area contributed by atoms with E-state index in [9.17, 15) is 5.02 Å². The Balaban J connectivity index is 0.000000167. The van der Waals surface area contributed by atoms with Gasteiger partial charge in [0.25, 0.3) is 0 Å². The second kappa shape index (κ2) is 8.90. The second-order valence-corrected chi connectivity index (χ2v) is 8.14. The van der Waals surface area contributed by atoms with Gasteiger partial charge < -0.3 is 15.6 Å². The van der Waals surface area contributed by atoms with Gasteiger partial charge in [-0.05, 0) is 61.0 Å². The molecule has 2 aromatic carbocycles. The highest BCUT2D eigenvalue weighted by Crippen LogP contribution is 2.27. The molecule has 0 unspecified atom stereocenters. The van der Waals surface area contributed by atoms with E-state index in [-0.39, 0.29) is 0 Å². The zero-order valence-corrected chi connectivity index (χ0v) is 18.6. The Morgan fingerprint density at radius 1 is 0.893 bits per heavy atom. The minimum absolute atomic E-state index is 0.558. The van der Waals surface area contributed by atoms with Crippen molar-refractivity contribution in [1.29, 1.82) is 0 Å². The number of benzene rings is 2. The van der Waals surface area contributed by atoms with E-state index in [1.54, 1.807) is 24.0 Å². The lowest BCUT2D eigenvalue weighted by Crippen LogP contribution is -2.33. The van der Waals surface area contributed by atoms with Gasteiger partial charge in [-0.15, -0.1) is 0 Å². The first-order valence-electron chi connectivity index (χ1n) is 8.61. The predicted molar refractivity (Wildman–Crippen MR) is 126 cm³/mol. The quantitative estimate of drug-likeness (QED) is 0.373. The fraction of sp³-hybridized carbons (Fsp3) is 0.100. The number of hydrogen-bond acceptors (Lipinski definition) is 5. The van der Waals surface area contributed by atoms with E-state index in [2.05, 4.69) is 41.8 Å². The Labute approximate surface area is 181 Å². The molecular weight excluding hydrogens is 483 g/mol. The summed E-state index contributed by atoms with van der Waals surface area (Å²) in [7, 11) is 1.27. The van der Waals surface area contributed by atoms with Gasteiger partial charge in [0, 0.05) is 32.1 Å². The van der Waals surface area contributed by atoms with Crippen molar-refractivity contribution < 1.29 is 5.02 Å². The summed E-state index contributed by atoms with van der Waals surface area (Å²) in [6.45, 7) is 1.72. The lowest BCUT2D eigenvalue weighted by molar-refractivity contribution is 0.575. The number of halogens is 2. The number of nitrogens with two attached hydrogens (primary N) is 1. The number of rotatable bonds is 2. The average Bonchev–Trinajstić information content (AvgIpc) is 2.68. The van der Waals surface area contributed by atoms with Crippen LogP contribution < -0.4 is 10.5 Å². The molecule has 4 rings (SSSR count). The van der Waals surface area contributed by atoms with Gasteiger partial charge in [-0.25, -0.2) is 9.97 Å². The molecular formula is C20H19BBr2N4O. The molecule has 2 heterocycles. The van der Waals surface area contributed by atoms with E-state index in [4.69, 9.17) is 5.73 Å². The van der Waals surface area contributed by atoms with E-state index >= 15 is 0 Å². The summed E-state index contributed by atoms with van der Waals surface area (Å²) < 4.78 is 2.03. The molecule has 0 aliphatic heterocycles. The van der Waals surface area contributed by atoms with E-state index in [1.165, 1.54) is 0 Å². The number of pyridine rings is 2. The van der Waals surface area contributed by atoms with Crippen molar-refractivity contribution in [3.63, 3.8) is 0 Å². The number of hydrogen-bond donors (Lipinski definition) is 2. The smallest absolute Gasteiger partial charge is 0.410 e. The summed E-state index contributed by atoms with van der Waals surface area (Å²) in [5.41, 5.74) is 5.69. The molecule has 0 amide bonds. The van der Waals surface area contributed by atoms with Gasteiger partial charge in [-0.3, -0.25) is 0 Å². The molecule has 8 heteroatoms. The summed E-state index contributed by atoms with van der Waals surface area (Å²) in [6.07, 6.45) is 3.47. The average molecular weight is 502 g/mol. The summed E-state index contributed by atoms with van der Waals surface area (Å²) in [5, 5.41) is 13.8. The molecule has 4 aromatic rings. The summed E-state index contributed by atoms with van der Waals surface area (Å²) in [6, 6.07) is 15.9. The lowest BCUT2D eigenvalue weighted by Gasteiger charge is -2.20. The fourth-order valence-electron chi connectivity index (χ4n) is 2.75. The van der Waals surface area contributed by atoms with Crippen molar-refractivity contribution >= 4 is 72.1 Å². The molecule has 0 saturated heterocycles. The molecule has 2 aromatic heterocycles. The van der Waals surface area contributed by atoms with Crippen LogP contribution >= 0.6 is 31.9 Å². The normalized spacial score (nSPS) is 10.5. The number of aromatic nitrogens is 2. The van der Waals surface area contributed by atoms with Crippen LogP contribution in [0.2, 0.25) is 6.82 Å². The Bertz CT molecular complexity index is 1120. The van der Waals surface area contributed by atoms with Gasteiger partial charge in [0.2, 0.25) is 0 Å². The third kappa shape index (κ3) is 4.63. The van der Waals surface area contributed by atoms with Crippen LogP contribution in [0.5, 0.6) is 0 Å². The van der Waals surface area contributed by atoms with Crippen molar-refractivity contribution in [1.82, 2.24) is 9.97 Å². The van der Waals surface area contributed by atoms with Crippen LogP contribution in [0.4, 0.5) is 11.6 Å². The summed E-state index contributed by atoms with van der Waals surface area (Å²) in [4.78, 5) is 10.1.